The van der Waals surface area contributed by atoms with Gasteiger partial charge >= 0.3 is 7.60 Å². The number of rotatable bonds is 5. The van der Waals surface area contributed by atoms with Crippen molar-refractivity contribution in [3.05, 3.63) is 69.5 Å². The van der Waals surface area contributed by atoms with Crippen molar-refractivity contribution in [2.75, 3.05) is 0 Å². The van der Waals surface area contributed by atoms with Crippen molar-refractivity contribution in [1.82, 2.24) is 0 Å². The van der Waals surface area contributed by atoms with Gasteiger partial charge in [0.1, 0.15) is 5.75 Å². The van der Waals surface area contributed by atoms with Crippen LogP contribution in [0.4, 0.5) is 0 Å². The topological polar surface area (TPSA) is 98.0 Å². The number of aryl methyl sites for hydroxylation is 2. The number of aliphatic hydroxyl groups is 1. The molecule has 0 amide bonds. The van der Waals surface area contributed by atoms with Crippen LogP contribution in [0.15, 0.2) is 36.1 Å². The summed E-state index contributed by atoms with van der Waals surface area (Å²) >= 11 is 0. The molecular formula is C19H23O5P. The summed E-state index contributed by atoms with van der Waals surface area (Å²) in [5.41, 5.74) is 5.33. The van der Waals surface area contributed by atoms with E-state index in [0.717, 1.165) is 33.6 Å². The summed E-state index contributed by atoms with van der Waals surface area (Å²) in [6.07, 6.45) is 1.32. The molecule has 0 saturated carbocycles. The van der Waals surface area contributed by atoms with Gasteiger partial charge in [-0.2, -0.15) is 0 Å². The fourth-order valence-electron chi connectivity index (χ4n) is 2.84. The molecule has 0 aromatic heterocycles. The molecule has 1 atom stereocenters. The zero-order valence-electron chi connectivity index (χ0n) is 14.5. The highest BCUT2D eigenvalue weighted by atomic mass is 31.2. The van der Waals surface area contributed by atoms with E-state index in [0.29, 0.717) is 12.0 Å². The van der Waals surface area contributed by atoms with Gasteiger partial charge in [0.15, 0.2) is 0 Å². The fraction of sp³-hybridized carbons (Fsp3) is 0.263. The SMILES string of the molecule is Cc1cc(/C=C/P(=O)(O)O)cc(C)c1Cc1ccc(O)c(C(C)O)c1. The summed E-state index contributed by atoms with van der Waals surface area (Å²) in [4.78, 5) is 17.9. The molecule has 2 aromatic rings. The molecule has 0 bridgehead atoms. The first-order valence-electron chi connectivity index (χ1n) is 7.91. The lowest BCUT2D eigenvalue weighted by Crippen LogP contribution is -1.99. The molecule has 0 radical (unpaired) electrons. The van der Waals surface area contributed by atoms with Gasteiger partial charge in [0.2, 0.25) is 0 Å². The lowest BCUT2D eigenvalue weighted by Gasteiger charge is -2.14. The van der Waals surface area contributed by atoms with Gasteiger partial charge in [0, 0.05) is 11.4 Å². The fourth-order valence-corrected chi connectivity index (χ4v) is 3.20. The van der Waals surface area contributed by atoms with Crippen LogP contribution in [0.5, 0.6) is 5.75 Å². The van der Waals surface area contributed by atoms with E-state index >= 15 is 0 Å². The van der Waals surface area contributed by atoms with Crippen LogP contribution in [0.25, 0.3) is 6.08 Å². The van der Waals surface area contributed by atoms with Crippen LogP contribution in [0, 0.1) is 13.8 Å². The Hall–Kier alpha value is -1.91. The molecule has 0 spiro atoms. The van der Waals surface area contributed by atoms with Crippen molar-refractivity contribution in [3.63, 3.8) is 0 Å². The Balaban J connectivity index is 2.34. The minimum atomic E-state index is -4.18. The third-order valence-electron chi connectivity index (χ3n) is 4.10. The first-order valence-corrected chi connectivity index (χ1v) is 9.59. The van der Waals surface area contributed by atoms with Gasteiger partial charge in [-0.1, -0.05) is 18.2 Å². The second kappa shape index (κ2) is 7.54. The van der Waals surface area contributed by atoms with Gasteiger partial charge < -0.3 is 20.0 Å². The first kappa shape index (κ1) is 19.4. The predicted octanol–water partition coefficient (Wildman–Crippen LogP) is 3.80. The molecule has 2 aromatic carbocycles. The summed E-state index contributed by atoms with van der Waals surface area (Å²) in [5.74, 6) is 0.973. The van der Waals surface area contributed by atoms with Crippen molar-refractivity contribution in [2.24, 2.45) is 0 Å². The number of aromatic hydroxyl groups is 1. The molecule has 4 N–H and O–H groups in total. The van der Waals surface area contributed by atoms with Gasteiger partial charge in [-0.25, -0.2) is 0 Å². The first-order chi connectivity index (χ1) is 11.6. The highest BCUT2D eigenvalue weighted by molar-refractivity contribution is 7.55. The van der Waals surface area contributed by atoms with E-state index in [1.807, 2.05) is 32.0 Å². The molecule has 0 aliphatic carbocycles. The molecular weight excluding hydrogens is 339 g/mol. The Morgan fingerprint density at radius 2 is 1.72 bits per heavy atom. The Kier molecular flexibility index (Phi) is 5.86. The number of phenolic OH excluding ortho intramolecular Hbond substituents is 1. The van der Waals surface area contributed by atoms with Crippen molar-refractivity contribution >= 4 is 13.7 Å². The number of hydrogen-bond acceptors (Lipinski definition) is 3. The highest BCUT2D eigenvalue weighted by Crippen LogP contribution is 2.37. The lowest BCUT2D eigenvalue weighted by atomic mass is 9.93. The third-order valence-corrected chi connectivity index (χ3v) is 4.64. The molecule has 0 aliphatic rings. The van der Waals surface area contributed by atoms with Gasteiger partial charge in [-0.15, -0.1) is 0 Å². The monoisotopic (exact) mass is 362 g/mol. The summed E-state index contributed by atoms with van der Waals surface area (Å²) < 4.78 is 11.0. The predicted molar refractivity (Wildman–Crippen MR) is 98.5 cm³/mol. The van der Waals surface area contributed by atoms with Crippen molar-refractivity contribution in [1.29, 1.82) is 0 Å². The van der Waals surface area contributed by atoms with Crippen LogP contribution in [0.1, 0.15) is 46.4 Å². The van der Waals surface area contributed by atoms with Crippen molar-refractivity contribution < 1.29 is 24.6 Å². The zero-order chi connectivity index (χ0) is 18.8. The molecule has 5 nitrogen and oxygen atoms in total. The van der Waals surface area contributed by atoms with Gasteiger partial charge in [-0.3, -0.25) is 4.57 Å². The maximum atomic E-state index is 11.0. The van der Waals surface area contributed by atoms with Crippen molar-refractivity contribution in [2.45, 2.75) is 33.3 Å². The van der Waals surface area contributed by atoms with E-state index < -0.39 is 13.7 Å². The molecule has 2 rings (SSSR count). The molecule has 0 heterocycles. The Morgan fingerprint density at radius 1 is 1.12 bits per heavy atom. The number of phenols is 1. The Morgan fingerprint density at radius 3 is 2.24 bits per heavy atom. The minimum absolute atomic E-state index is 0.0742. The average Bonchev–Trinajstić information content (AvgIpc) is 2.49. The van der Waals surface area contributed by atoms with E-state index in [9.17, 15) is 14.8 Å². The molecule has 0 aliphatic heterocycles. The van der Waals surface area contributed by atoms with E-state index in [1.165, 1.54) is 6.08 Å². The quantitative estimate of drug-likeness (QED) is 0.607. The highest BCUT2D eigenvalue weighted by Gasteiger charge is 2.11. The Labute approximate surface area is 147 Å². The van der Waals surface area contributed by atoms with Gasteiger partial charge in [-0.05, 0) is 73.2 Å². The maximum Gasteiger partial charge on any atom is 0.349 e. The Bertz CT molecular complexity index is 826. The number of hydrogen-bond donors (Lipinski definition) is 4. The van der Waals surface area contributed by atoms with Crippen LogP contribution < -0.4 is 0 Å². The molecule has 25 heavy (non-hydrogen) atoms. The number of benzene rings is 2. The molecule has 0 fully saturated rings. The number of aliphatic hydroxyl groups excluding tert-OH is 1. The lowest BCUT2D eigenvalue weighted by molar-refractivity contribution is 0.195. The molecule has 1 unspecified atom stereocenters. The van der Waals surface area contributed by atoms with Crippen molar-refractivity contribution in [3.8, 4) is 5.75 Å². The largest absolute Gasteiger partial charge is 0.508 e. The molecule has 134 valence electrons. The third kappa shape index (κ3) is 5.28. The van der Waals surface area contributed by atoms with Crippen LogP contribution >= 0.6 is 7.60 Å². The van der Waals surface area contributed by atoms with Crippen LogP contribution in [-0.2, 0) is 11.0 Å². The smallest absolute Gasteiger partial charge is 0.349 e. The van der Waals surface area contributed by atoms with E-state index in [-0.39, 0.29) is 5.75 Å². The standard InChI is InChI=1S/C19H23O5P/c1-12-8-16(6-7-25(22,23)24)9-13(2)17(12)10-15-4-5-19(21)18(11-15)14(3)20/h4-9,11,14,20-21H,10H2,1-3H3,(H2,22,23,24)/b7-6+. The van der Waals surface area contributed by atoms with E-state index in [2.05, 4.69) is 0 Å². The van der Waals surface area contributed by atoms with Crippen LogP contribution in [-0.4, -0.2) is 20.0 Å². The zero-order valence-corrected chi connectivity index (χ0v) is 15.4. The minimum Gasteiger partial charge on any atom is -0.508 e. The summed E-state index contributed by atoms with van der Waals surface area (Å²) in [6.45, 7) is 5.51. The second-order valence-corrected chi connectivity index (χ2v) is 7.76. The van der Waals surface area contributed by atoms with Crippen LogP contribution in [0.2, 0.25) is 0 Å². The van der Waals surface area contributed by atoms with Gasteiger partial charge in [0.25, 0.3) is 0 Å². The van der Waals surface area contributed by atoms with Gasteiger partial charge in [0.05, 0.1) is 6.10 Å². The maximum absolute atomic E-state index is 11.0. The average molecular weight is 362 g/mol. The second-order valence-electron chi connectivity index (χ2n) is 6.28. The molecule has 6 heteroatoms. The molecule has 0 saturated heterocycles. The summed E-state index contributed by atoms with van der Waals surface area (Å²) in [7, 11) is -4.18. The van der Waals surface area contributed by atoms with Crippen LogP contribution in [0.3, 0.4) is 0 Å². The normalized spacial score (nSPS) is 13.4. The summed E-state index contributed by atoms with van der Waals surface area (Å²) in [5, 5.41) is 19.5. The summed E-state index contributed by atoms with van der Waals surface area (Å²) in [6, 6.07) is 8.95. The van der Waals surface area contributed by atoms with E-state index in [1.54, 1.807) is 19.1 Å². The van der Waals surface area contributed by atoms with E-state index in [4.69, 9.17) is 9.79 Å².